The predicted molar refractivity (Wildman–Crippen MR) is 102 cm³/mol. The molecule has 0 aliphatic carbocycles. The van der Waals surface area contributed by atoms with E-state index in [1.54, 1.807) is 29.0 Å². The van der Waals surface area contributed by atoms with E-state index in [1.165, 1.54) is 0 Å². The predicted octanol–water partition coefficient (Wildman–Crippen LogP) is 3.79. The van der Waals surface area contributed by atoms with Crippen LogP contribution < -0.4 is 11.0 Å². The van der Waals surface area contributed by atoms with Gasteiger partial charge in [0, 0.05) is 29.7 Å². The van der Waals surface area contributed by atoms with Crippen LogP contribution in [0.25, 0.3) is 27.8 Å². The third-order valence-electron chi connectivity index (χ3n) is 4.14. The van der Waals surface area contributed by atoms with Gasteiger partial charge in [0.05, 0.1) is 5.70 Å². The number of anilines is 1. The monoisotopic (exact) mass is 356 g/mol. The molecule has 128 valence electrons. The van der Waals surface area contributed by atoms with Crippen molar-refractivity contribution in [2.24, 2.45) is 10.9 Å². The molecular formula is C18H17ClN4O2. The summed E-state index contributed by atoms with van der Waals surface area (Å²) in [7, 11) is 0. The zero-order valence-corrected chi connectivity index (χ0v) is 14.7. The summed E-state index contributed by atoms with van der Waals surface area (Å²) in [6, 6.07) is 5.37. The van der Waals surface area contributed by atoms with Gasteiger partial charge in [0.2, 0.25) is 0 Å². The largest absolute Gasteiger partial charge is 0.450 e. The zero-order chi connectivity index (χ0) is 17.6. The summed E-state index contributed by atoms with van der Waals surface area (Å²) < 4.78 is 7.54. The molecule has 3 heterocycles. The summed E-state index contributed by atoms with van der Waals surface area (Å²) in [6.07, 6.45) is 3.73. The lowest BCUT2D eigenvalue weighted by Gasteiger charge is -2.15. The van der Waals surface area contributed by atoms with E-state index in [0.717, 1.165) is 5.39 Å². The van der Waals surface area contributed by atoms with Crippen molar-refractivity contribution in [1.29, 1.82) is 0 Å². The Morgan fingerprint density at radius 2 is 2.28 bits per heavy atom. The van der Waals surface area contributed by atoms with E-state index < -0.39 is 0 Å². The number of hydrogen-bond acceptors (Lipinski definition) is 5. The molecule has 1 aliphatic heterocycles. The van der Waals surface area contributed by atoms with E-state index in [-0.39, 0.29) is 11.6 Å². The van der Waals surface area contributed by atoms with E-state index in [2.05, 4.69) is 22.2 Å². The average Bonchev–Trinajstić information content (AvgIpc) is 2.94. The Kier molecular flexibility index (Phi) is 3.84. The Hall–Kier alpha value is -2.60. The van der Waals surface area contributed by atoms with Crippen LogP contribution in [0.3, 0.4) is 0 Å². The van der Waals surface area contributed by atoms with E-state index in [0.29, 0.717) is 46.3 Å². The van der Waals surface area contributed by atoms with E-state index in [9.17, 15) is 4.79 Å². The van der Waals surface area contributed by atoms with Crippen LogP contribution in [0, 0.1) is 5.92 Å². The smallest absolute Gasteiger partial charge is 0.354 e. The number of halogens is 1. The second-order valence-corrected chi connectivity index (χ2v) is 6.53. The number of aromatic nitrogens is 2. The molecule has 1 aromatic carbocycles. The first-order valence-corrected chi connectivity index (χ1v) is 8.57. The van der Waals surface area contributed by atoms with Gasteiger partial charge in [0.15, 0.2) is 11.4 Å². The van der Waals surface area contributed by atoms with Gasteiger partial charge in [0.25, 0.3) is 0 Å². The van der Waals surface area contributed by atoms with Gasteiger partial charge in [-0.25, -0.2) is 4.79 Å². The molecule has 0 spiro atoms. The van der Waals surface area contributed by atoms with Crippen LogP contribution in [0.5, 0.6) is 0 Å². The molecule has 3 aromatic rings. The Labute approximate surface area is 148 Å². The highest BCUT2D eigenvalue weighted by Gasteiger charge is 2.21. The summed E-state index contributed by atoms with van der Waals surface area (Å²) in [5.41, 5.74) is 2.16. The molecule has 4 rings (SSSR count). The molecule has 2 aromatic heterocycles. The first-order chi connectivity index (χ1) is 12.1. The van der Waals surface area contributed by atoms with Crippen LogP contribution in [0.4, 0.5) is 5.82 Å². The standard InChI is InChI=1S/C18H17ClN4O2/c1-3-21-17-16-15(13-7-11(19)4-5-14(13)25-16)23(18(24)22-17)12-6-10(2)8-20-9-12/h4-7,9-10H,3,8H2,1-2H3,(H,21,22,24). The number of benzene rings is 1. The zero-order valence-electron chi connectivity index (χ0n) is 13.9. The summed E-state index contributed by atoms with van der Waals surface area (Å²) in [4.78, 5) is 21.3. The molecule has 1 N–H and O–H groups in total. The molecule has 1 atom stereocenters. The van der Waals surface area contributed by atoms with Crippen molar-refractivity contribution in [3.05, 3.63) is 39.8 Å². The minimum absolute atomic E-state index is 0.247. The summed E-state index contributed by atoms with van der Waals surface area (Å²) in [5.74, 6) is 0.685. The molecule has 1 aliphatic rings. The number of aliphatic imine (C=N–C) groups is 1. The van der Waals surface area contributed by atoms with Crippen LogP contribution in [0.15, 0.2) is 38.5 Å². The first kappa shape index (κ1) is 15.9. The summed E-state index contributed by atoms with van der Waals surface area (Å²) >= 11 is 6.18. The first-order valence-electron chi connectivity index (χ1n) is 8.19. The van der Waals surface area contributed by atoms with Crippen molar-refractivity contribution in [3.63, 3.8) is 0 Å². The molecule has 0 radical (unpaired) electrons. The third kappa shape index (κ3) is 2.62. The van der Waals surface area contributed by atoms with Gasteiger partial charge in [-0.3, -0.25) is 9.56 Å². The molecule has 7 heteroatoms. The lowest BCUT2D eigenvalue weighted by molar-refractivity contribution is 0.664. The number of fused-ring (bicyclic) bond motifs is 3. The minimum atomic E-state index is -0.377. The van der Waals surface area contributed by atoms with Crippen molar-refractivity contribution in [2.75, 3.05) is 18.4 Å². The molecule has 0 fully saturated rings. The molecule has 0 bridgehead atoms. The number of hydrogen-bond donors (Lipinski definition) is 1. The SMILES string of the molecule is CCNc1nc(=O)n(C2=CC(C)CN=C2)c2c1oc1ccc(Cl)cc12. The van der Waals surface area contributed by atoms with Crippen LogP contribution in [-0.4, -0.2) is 28.9 Å². The van der Waals surface area contributed by atoms with Crippen LogP contribution in [-0.2, 0) is 0 Å². The Morgan fingerprint density at radius 1 is 1.44 bits per heavy atom. The number of furan rings is 1. The molecule has 0 amide bonds. The normalized spacial score (nSPS) is 17.2. The molecule has 0 saturated heterocycles. The number of nitrogens with zero attached hydrogens (tertiary/aromatic N) is 3. The maximum absolute atomic E-state index is 12.8. The number of nitrogens with one attached hydrogen (secondary N) is 1. The lowest BCUT2D eigenvalue weighted by atomic mass is 10.1. The summed E-state index contributed by atoms with van der Waals surface area (Å²) in [5, 5.41) is 4.45. The molecule has 1 unspecified atom stereocenters. The highest BCUT2D eigenvalue weighted by atomic mass is 35.5. The van der Waals surface area contributed by atoms with Gasteiger partial charge in [0.1, 0.15) is 11.1 Å². The van der Waals surface area contributed by atoms with Crippen molar-refractivity contribution >= 4 is 51.4 Å². The molecule has 6 nitrogen and oxygen atoms in total. The quantitative estimate of drug-likeness (QED) is 0.775. The van der Waals surface area contributed by atoms with Gasteiger partial charge < -0.3 is 9.73 Å². The number of rotatable bonds is 3. The molecule has 25 heavy (non-hydrogen) atoms. The topological polar surface area (TPSA) is 72.4 Å². The van der Waals surface area contributed by atoms with Gasteiger partial charge in [-0.2, -0.15) is 4.98 Å². The minimum Gasteiger partial charge on any atom is -0.450 e. The highest BCUT2D eigenvalue weighted by molar-refractivity contribution is 6.31. The van der Waals surface area contributed by atoms with E-state index in [1.807, 2.05) is 13.0 Å². The van der Waals surface area contributed by atoms with Crippen molar-refractivity contribution in [2.45, 2.75) is 13.8 Å². The highest BCUT2D eigenvalue weighted by Crippen LogP contribution is 2.34. The van der Waals surface area contributed by atoms with Crippen LogP contribution in [0.1, 0.15) is 13.8 Å². The third-order valence-corrected chi connectivity index (χ3v) is 4.37. The second kappa shape index (κ2) is 6.04. The van der Waals surface area contributed by atoms with Gasteiger partial charge in [-0.1, -0.05) is 24.6 Å². The van der Waals surface area contributed by atoms with Gasteiger partial charge in [-0.05, 0) is 31.0 Å². The fraction of sp³-hybridized carbons (Fsp3) is 0.278. The maximum atomic E-state index is 12.8. The fourth-order valence-electron chi connectivity index (χ4n) is 3.09. The van der Waals surface area contributed by atoms with E-state index >= 15 is 0 Å². The van der Waals surface area contributed by atoms with Crippen molar-refractivity contribution in [3.8, 4) is 0 Å². The van der Waals surface area contributed by atoms with Crippen LogP contribution >= 0.6 is 11.6 Å². The van der Waals surface area contributed by atoms with Crippen molar-refractivity contribution in [1.82, 2.24) is 9.55 Å². The summed E-state index contributed by atoms with van der Waals surface area (Å²) in [6.45, 7) is 5.34. The molecule has 0 saturated carbocycles. The van der Waals surface area contributed by atoms with Crippen LogP contribution in [0.2, 0.25) is 5.02 Å². The number of dihydropyridines is 1. The lowest BCUT2D eigenvalue weighted by Crippen LogP contribution is -2.26. The average molecular weight is 357 g/mol. The number of allylic oxidation sites excluding steroid dienone is 1. The second-order valence-electron chi connectivity index (χ2n) is 6.09. The Morgan fingerprint density at radius 3 is 3.04 bits per heavy atom. The maximum Gasteiger partial charge on any atom is 0.354 e. The van der Waals surface area contributed by atoms with E-state index in [4.69, 9.17) is 16.0 Å². The Bertz CT molecular complexity index is 1090. The van der Waals surface area contributed by atoms with Gasteiger partial charge in [-0.15, -0.1) is 0 Å². The van der Waals surface area contributed by atoms with Gasteiger partial charge >= 0.3 is 5.69 Å². The Balaban J connectivity index is 2.15. The fourth-order valence-corrected chi connectivity index (χ4v) is 3.26. The van der Waals surface area contributed by atoms with Crippen molar-refractivity contribution < 1.29 is 4.42 Å². The molecular weight excluding hydrogens is 340 g/mol.